The van der Waals surface area contributed by atoms with Gasteiger partial charge < -0.3 is 20.3 Å². The zero-order valence-corrected chi connectivity index (χ0v) is 17.9. The second kappa shape index (κ2) is 9.71. The van der Waals surface area contributed by atoms with Crippen LogP contribution in [0.2, 0.25) is 0 Å². The lowest BCUT2D eigenvalue weighted by Crippen LogP contribution is -2.37. The van der Waals surface area contributed by atoms with Gasteiger partial charge in [0.2, 0.25) is 5.91 Å². The molecule has 0 radical (unpaired) electrons. The molecule has 7 nitrogen and oxygen atoms in total. The molecule has 1 aliphatic heterocycles. The predicted molar refractivity (Wildman–Crippen MR) is 117 cm³/mol. The summed E-state index contributed by atoms with van der Waals surface area (Å²) in [4.78, 5) is 31.0. The van der Waals surface area contributed by atoms with Crippen LogP contribution in [0.15, 0.2) is 42.6 Å². The lowest BCUT2D eigenvalue weighted by molar-refractivity contribution is -0.120. The summed E-state index contributed by atoms with van der Waals surface area (Å²) in [5.41, 5.74) is 2.69. The molecule has 1 aromatic carbocycles. The Morgan fingerprint density at radius 1 is 1.07 bits per heavy atom. The van der Waals surface area contributed by atoms with Gasteiger partial charge in [0.25, 0.3) is 5.91 Å². The van der Waals surface area contributed by atoms with Crippen LogP contribution >= 0.6 is 0 Å². The molecule has 1 saturated heterocycles. The van der Waals surface area contributed by atoms with Gasteiger partial charge in [-0.15, -0.1) is 0 Å². The minimum Gasteiger partial charge on any atom is -0.378 e. The molecule has 0 aliphatic carbocycles. The molecule has 30 heavy (non-hydrogen) atoms. The van der Waals surface area contributed by atoms with Crippen molar-refractivity contribution in [3.05, 3.63) is 59.3 Å². The highest BCUT2D eigenvalue weighted by atomic mass is 16.5. The molecule has 0 atom stereocenters. The van der Waals surface area contributed by atoms with Crippen molar-refractivity contribution in [2.24, 2.45) is 0 Å². The average Bonchev–Trinajstić information content (AvgIpc) is 2.76. The van der Waals surface area contributed by atoms with Crippen LogP contribution in [0.4, 0.5) is 5.82 Å². The number of hydrogen-bond acceptors (Lipinski definition) is 5. The minimum atomic E-state index is -0.260. The monoisotopic (exact) mass is 410 g/mol. The molecule has 1 fully saturated rings. The van der Waals surface area contributed by atoms with Crippen molar-refractivity contribution in [1.82, 2.24) is 15.6 Å². The summed E-state index contributed by atoms with van der Waals surface area (Å²) in [5.74, 6) is 0.389. The van der Waals surface area contributed by atoms with E-state index in [9.17, 15) is 9.59 Å². The molecule has 0 bridgehead atoms. The molecule has 2 amide bonds. The number of carbonyl (C=O) groups is 2. The van der Waals surface area contributed by atoms with Gasteiger partial charge in [-0.3, -0.25) is 9.59 Å². The first kappa shape index (κ1) is 21.8. The van der Waals surface area contributed by atoms with Crippen molar-refractivity contribution in [2.45, 2.75) is 32.7 Å². The first-order chi connectivity index (χ1) is 14.3. The number of pyridine rings is 1. The largest absolute Gasteiger partial charge is 0.378 e. The number of morpholine rings is 1. The van der Waals surface area contributed by atoms with E-state index in [1.807, 2.05) is 24.3 Å². The van der Waals surface area contributed by atoms with Crippen LogP contribution in [-0.4, -0.2) is 49.6 Å². The van der Waals surface area contributed by atoms with Crippen molar-refractivity contribution in [3.63, 3.8) is 0 Å². The maximum atomic E-state index is 12.3. The normalized spacial score (nSPS) is 14.3. The third-order valence-corrected chi connectivity index (χ3v) is 5.06. The third kappa shape index (κ3) is 6.03. The molecule has 2 N–H and O–H groups in total. The topological polar surface area (TPSA) is 83.6 Å². The summed E-state index contributed by atoms with van der Waals surface area (Å²) in [6.07, 6.45) is 1.75. The number of hydrogen-bond donors (Lipinski definition) is 2. The molecule has 0 saturated carbocycles. The lowest BCUT2D eigenvalue weighted by Gasteiger charge is -2.28. The van der Waals surface area contributed by atoms with Crippen LogP contribution in [0, 0.1) is 0 Å². The average molecular weight is 411 g/mol. The van der Waals surface area contributed by atoms with E-state index >= 15 is 0 Å². The zero-order chi connectivity index (χ0) is 21.6. The van der Waals surface area contributed by atoms with Crippen LogP contribution in [0.5, 0.6) is 0 Å². The number of anilines is 1. The summed E-state index contributed by atoms with van der Waals surface area (Å²) in [6.45, 7) is 9.70. The van der Waals surface area contributed by atoms with Gasteiger partial charge >= 0.3 is 0 Å². The maximum absolute atomic E-state index is 12.3. The second-order valence-electron chi connectivity index (χ2n) is 8.41. The number of ether oxygens (including phenoxy) is 1. The van der Waals surface area contributed by atoms with Crippen molar-refractivity contribution in [1.29, 1.82) is 0 Å². The number of nitrogens with one attached hydrogen (secondary N) is 2. The highest BCUT2D eigenvalue weighted by Gasteiger charge is 2.15. The Morgan fingerprint density at radius 3 is 2.43 bits per heavy atom. The van der Waals surface area contributed by atoms with E-state index in [1.54, 1.807) is 18.3 Å². The SMILES string of the molecule is CC(C)(C)c1ccc(C(=O)NCC(=O)NCc2ccnc(N3CCOCC3)c2)cc1. The van der Waals surface area contributed by atoms with Gasteiger partial charge in [0.15, 0.2) is 0 Å². The zero-order valence-electron chi connectivity index (χ0n) is 17.9. The van der Waals surface area contributed by atoms with E-state index < -0.39 is 0 Å². The summed E-state index contributed by atoms with van der Waals surface area (Å²) < 4.78 is 5.37. The van der Waals surface area contributed by atoms with Gasteiger partial charge in [0, 0.05) is 31.4 Å². The smallest absolute Gasteiger partial charge is 0.251 e. The highest BCUT2D eigenvalue weighted by molar-refractivity contribution is 5.96. The van der Waals surface area contributed by atoms with Gasteiger partial charge in [-0.05, 0) is 40.8 Å². The number of nitrogens with zero attached hydrogens (tertiary/aromatic N) is 2. The minimum absolute atomic E-state index is 0.0312. The Bertz CT molecular complexity index is 869. The number of amides is 2. The predicted octanol–water partition coefficient (Wildman–Crippen LogP) is 2.26. The Kier molecular flexibility index (Phi) is 7.05. The van der Waals surface area contributed by atoms with E-state index in [0.29, 0.717) is 25.3 Å². The quantitative estimate of drug-likeness (QED) is 0.763. The molecular formula is C23H30N4O3. The fourth-order valence-electron chi connectivity index (χ4n) is 3.18. The number of rotatable bonds is 6. The van der Waals surface area contributed by atoms with E-state index in [0.717, 1.165) is 30.0 Å². The molecule has 0 unspecified atom stereocenters. The molecular weight excluding hydrogens is 380 g/mol. The van der Waals surface area contributed by atoms with Crippen molar-refractivity contribution in [2.75, 3.05) is 37.7 Å². The third-order valence-electron chi connectivity index (χ3n) is 5.06. The maximum Gasteiger partial charge on any atom is 0.251 e. The molecule has 2 aromatic rings. The molecule has 0 spiro atoms. The Hall–Kier alpha value is -2.93. The lowest BCUT2D eigenvalue weighted by atomic mass is 9.87. The van der Waals surface area contributed by atoms with Crippen LogP contribution < -0.4 is 15.5 Å². The Labute approximate surface area is 177 Å². The first-order valence-corrected chi connectivity index (χ1v) is 10.3. The standard InChI is InChI=1S/C23H30N4O3/c1-23(2,3)19-6-4-18(5-7-19)22(29)26-16-21(28)25-15-17-8-9-24-20(14-17)27-10-12-30-13-11-27/h4-9,14H,10-13,15-16H2,1-3H3,(H,25,28)(H,26,29). The van der Waals surface area contributed by atoms with E-state index in [4.69, 9.17) is 4.74 Å². The fourth-order valence-corrected chi connectivity index (χ4v) is 3.18. The Morgan fingerprint density at radius 2 is 1.77 bits per heavy atom. The summed E-state index contributed by atoms with van der Waals surface area (Å²) in [7, 11) is 0. The van der Waals surface area contributed by atoms with E-state index in [2.05, 4.69) is 41.3 Å². The van der Waals surface area contributed by atoms with Gasteiger partial charge in [-0.25, -0.2) is 4.98 Å². The molecule has 2 heterocycles. The fraction of sp³-hybridized carbons (Fsp3) is 0.435. The molecule has 160 valence electrons. The first-order valence-electron chi connectivity index (χ1n) is 10.3. The summed E-state index contributed by atoms with van der Waals surface area (Å²) in [5, 5.41) is 5.51. The molecule has 1 aliphatic rings. The van der Waals surface area contributed by atoms with Crippen LogP contribution in [0.25, 0.3) is 0 Å². The number of carbonyl (C=O) groups excluding carboxylic acids is 2. The van der Waals surface area contributed by atoms with Crippen molar-refractivity contribution < 1.29 is 14.3 Å². The van der Waals surface area contributed by atoms with Gasteiger partial charge in [-0.2, -0.15) is 0 Å². The van der Waals surface area contributed by atoms with Gasteiger partial charge in [0.05, 0.1) is 19.8 Å². The van der Waals surface area contributed by atoms with Crippen LogP contribution in [0.3, 0.4) is 0 Å². The van der Waals surface area contributed by atoms with Gasteiger partial charge in [0.1, 0.15) is 5.82 Å². The number of aromatic nitrogens is 1. The van der Waals surface area contributed by atoms with Crippen molar-refractivity contribution >= 4 is 17.6 Å². The van der Waals surface area contributed by atoms with Gasteiger partial charge in [-0.1, -0.05) is 32.9 Å². The molecule has 1 aromatic heterocycles. The summed E-state index contributed by atoms with van der Waals surface area (Å²) in [6, 6.07) is 11.3. The second-order valence-corrected chi connectivity index (χ2v) is 8.41. The van der Waals surface area contributed by atoms with Crippen LogP contribution in [0.1, 0.15) is 42.3 Å². The Balaban J connectivity index is 1.46. The molecule has 7 heteroatoms. The van der Waals surface area contributed by atoms with Crippen molar-refractivity contribution in [3.8, 4) is 0 Å². The van der Waals surface area contributed by atoms with E-state index in [-0.39, 0.29) is 23.8 Å². The highest BCUT2D eigenvalue weighted by Crippen LogP contribution is 2.22. The molecule has 3 rings (SSSR count). The van der Waals surface area contributed by atoms with Crippen LogP contribution in [-0.2, 0) is 21.5 Å². The van der Waals surface area contributed by atoms with E-state index in [1.165, 1.54) is 0 Å². The summed E-state index contributed by atoms with van der Waals surface area (Å²) >= 11 is 0. The number of benzene rings is 1.